The van der Waals surface area contributed by atoms with Gasteiger partial charge < -0.3 is 14.4 Å². The first kappa shape index (κ1) is 29.0. The molecule has 0 atom stereocenters. The molecule has 5 aromatic rings. The van der Waals surface area contributed by atoms with Crippen LogP contribution in [-0.4, -0.2) is 14.2 Å². The first-order chi connectivity index (χ1) is 21.2. The molecule has 0 saturated heterocycles. The van der Waals surface area contributed by atoms with Crippen LogP contribution in [0, 0.1) is 0 Å². The van der Waals surface area contributed by atoms with Crippen LogP contribution in [-0.2, 0) is 0 Å². The lowest BCUT2D eigenvalue weighted by molar-refractivity contribution is 0.395. The molecule has 3 nitrogen and oxygen atoms in total. The standard InChI is InChI=1S/C40H35NO2/c1-42-38-29-30-39(40(31-38)43-2)41(36-25-21-34(22-26-36)19-11-9-17-32-13-5-3-6-14-32)37-27-23-35(24-28-37)20-12-10-18-33-15-7-4-8-16-33/h3-31H,1-2H3. The van der Waals surface area contributed by atoms with E-state index >= 15 is 0 Å². The number of hydrogen-bond acceptors (Lipinski definition) is 3. The van der Waals surface area contributed by atoms with Gasteiger partial charge in [0.2, 0.25) is 0 Å². The van der Waals surface area contributed by atoms with Crippen LogP contribution in [0.3, 0.4) is 0 Å². The highest BCUT2D eigenvalue weighted by atomic mass is 16.5. The molecule has 0 bridgehead atoms. The molecule has 5 aromatic carbocycles. The van der Waals surface area contributed by atoms with Crippen molar-refractivity contribution in [2.45, 2.75) is 0 Å². The maximum absolute atomic E-state index is 5.80. The molecule has 0 aliphatic heterocycles. The maximum atomic E-state index is 5.80. The number of allylic oxidation sites excluding steroid dienone is 4. The molecule has 0 spiro atoms. The first-order valence-electron chi connectivity index (χ1n) is 14.3. The zero-order valence-corrected chi connectivity index (χ0v) is 24.5. The lowest BCUT2D eigenvalue weighted by Crippen LogP contribution is -2.11. The third-order valence-electron chi connectivity index (χ3n) is 6.91. The predicted molar refractivity (Wildman–Crippen MR) is 183 cm³/mol. The Kier molecular flexibility index (Phi) is 10.0. The summed E-state index contributed by atoms with van der Waals surface area (Å²) in [6.45, 7) is 0. The van der Waals surface area contributed by atoms with Gasteiger partial charge in [-0.15, -0.1) is 0 Å². The normalized spacial score (nSPS) is 11.6. The van der Waals surface area contributed by atoms with E-state index in [2.05, 4.69) is 126 Å². The van der Waals surface area contributed by atoms with Gasteiger partial charge in [-0.25, -0.2) is 0 Å². The fourth-order valence-electron chi connectivity index (χ4n) is 4.66. The molecule has 5 rings (SSSR count). The second-order valence-corrected chi connectivity index (χ2v) is 9.81. The molecule has 3 heteroatoms. The van der Waals surface area contributed by atoms with Crippen LogP contribution in [0.1, 0.15) is 22.3 Å². The fraction of sp³-hybridized carbons (Fsp3) is 0.0500. The van der Waals surface area contributed by atoms with Crippen molar-refractivity contribution in [3.63, 3.8) is 0 Å². The molecule has 0 saturated carbocycles. The Hall–Kier alpha value is -5.54. The van der Waals surface area contributed by atoms with Gasteiger partial charge in [0, 0.05) is 17.4 Å². The van der Waals surface area contributed by atoms with E-state index in [1.807, 2.05) is 54.6 Å². The van der Waals surface area contributed by atoms with Crippen LogP contribution >= 0.6 is 0 Å². The highest BCUT2D eigenvalue weighted by molar-refractivity contribution is 5.81. The van der Waals surface area contributed by atoms with Crippen LogP contribution in [0.15, 0.2) is 152 Å². The summed E-state index contributed by atoms with van der Waals surface area (Å²) in [6.07, 6.45) is 16.7. The van der Waals surface area contributed by atoms with Crippen molar-refractivity contribution < 1.29 is 9.47 Å². The van der Waals surface area contributed by atoms with Gasteiger partial charge in [0.1, 0.15) is 11.5 Å². The highest BCUT2D eigenvalue weighted by Gasteiger charge is 2.17. The van der Waals surface area contributed by atoms with Gasteiger partial charge >= 0.3 is 0 Å². The topological polar surface area (TPSA) is 21.7 Å². The number of benzene rings is 5. The molecule has 0 heterocycles. The number of rotatable bonds is 11. The summed E-state index contributed by atoms with van der Waals surface area (Å²) >= 11 is 0. The Morgan fingerprint density at radius 2 is 0.860 bits per heavy atom. The predicted octanol–water partition coefficient (Wildman–Crippen LogP) is 10.6. The second-order valence-electron chi connectivity index (χ2n) is 9.81. The van der Waals surface area contributed by atoms with Crippen molar-refractivity contribution in [2.75, 3.05) is 19.1 Å². The van der Waals surface area contributed by atoms with Gasteiger partial charge in [0.15, 0.2) is 0 Å². The summed E-state index contributed by atoms with van der Waals surface area (Å²) in [7, 11) is 3.35. The van der Waals surface area contributed by atoms with Crippen LogP contribution in [0.2, 0.25) is 0 Å². The van der Waals surface area contributed by atoms with Gasteiger partial charge in [0.05, 0.1) is 19.9 Å². The van der Waals surface area contributed by atoms with Gasteiger partial charge in [0.25, 0.3) is 0 Å². The van der Waals surface area contributed by atoms with E-state index in [4.69, 9.17) is 9.47 Å². The lowest BCUT2D eigenvalue weighted by Gasteiger charge is -2.27. The Bertz CT molecular complexity index is 1600. The van der Waals surface area contributed by atoms with E-state index < -0.39 is 0 Å². The van der Waals surface area contributed by atoms with Gasteiger partial charge in [-0.2, -0.15) is 0 Å². The van der Waals surface area contributed by atoms with E-state index in [-0.39, 0.29) is 0 Å². The number of nitrogens with zero attached hydrogens (tertiary/aromatic N) is 1. The first-order valence-corrected chi connectivity index (χ1v) is 14.3. The largest absolute Gasteiger partial charge is 0.497 e. The molecule has 0 aliphatic rings. The quantitative estimate of drug-likeness (QED) is 0.150. The Balaban J connectivity index is 1.39. The number of ether oxygens (including phenoxy) is 2. The molecule has 212 valence electrons. The summed E-state index contributed by atoms with van der Waals surface area (Å²) in [4.78, 5) is 2.20. The number of methoxy groups -OCH3 is 2. The third-order valence-corrected chi connectivity index (χ3v) is 6.91. The number of hydrogen-bond donors (Lipinski definition) is 0. The zero-order chi connectivity index (χ0) is 29.7. The molecule has 0 radical (unpaired) electrons. The SMILES string of the molecule is COc1ccc(N(c2ccc(C=CC=Cc3ccccc3)cc2)c2ccc(C=CC=Cc3ccccc3)cc2)c(OC)c1. The van der Waals surface area contributed by atoms with Crippen molar-refractivity contribution in [3.05, 3.63) is 174 Å². The molecule has 0 N–H and O–H groups in total. The molecular weight excluding hydrogens is 526 g/mol. The lowest BCUT2D eigenvalue weighted by atomic mass is 10.1. The minimum absolute atomic E-state index is 0.726. The summed E-state index contributed by atoms with van der Waals surface area (Å²) in [5.74, 6) is 1.47. The molecule has 0 aromatic heterocycles. The van der Waals surface area contributed by atoms with Gasteiger partial charge in [-0.1, -0.05) is 134 Å². The Morgan fingerprint density at radius 3 is 1.26 bits per heavy atom. The summed E-state index contributed by atoms with van der Waals surface area (Å²) in [5, 5.41) is 0. The van der Waals surface area contributed by atoms with Crippen molar-refractivity contribution >= 4 is 41.4 Å². The average molecular weight is 562 g/mol. The van der Waals surface area contributed by atoms with E-state index in [9.17, 15) is 0 Å². The molecule has 0 unspecified atom stereocenters. The fourth-order valence-corrected chi connectivity index (χ4v) is 4.66. The Morgan fingerprint density at radius 1 is 0.442 bits per heavy atom. The minimum atomic E-state index is 0.726. The van der Waals surface area contributed by atoms with Gasteiger partial charge in [-0.3, -0.25) is 0 Å². The summed E-state index contributed by atoms with van der Waals surface area (Å²) < 4.78 is 11.3. The van der Waals surface area contributed by atoms with Crippen LogP contribution < -0.4 is 14.4 Å². The Labute approximate surface area is 255 Å². The van der Waals surface area contributed by atoms with Crippen molar-refractivity contribution in [2.24, 2.45) is 0 Å². The van der Waals surface area contributed by atoms with Crippen LogP contribution in [0.25, 0.3) is 24.3 Å². The second kappa shape index (κ2) is 14.9. The van der Waals surface area contributed by atoms with Crippen molar-refractivity contribution in [1.29, 1.82) is 0 Å². The smallest absolute Gasteiger partial charge is 0.146 e. The molecule has 0 fully saturated rings. The molecule has 0 amide bonds. The van der Waals surface area contributed by atoms with Crippen LogP contribution in [0.4, 0.5) is 17.1 Å². The maximum Gasteiger partial charge on any atom is 0.146 e. The third kappa shape index (κ3) is 8.02. The minimum Gasteiger partial charge on any atom is -0.497 e. The van der Waals surface area contributed by atoms with E-state index in [1.165, 1.54) is 11.1 Å². The van der Waals surface area contributed by atoms with Gasteiger partial charge in [-0.05, 0) is 58.7 Å². The van der Waals surface area contributed by atoms with Crippen molar-refractivity contribution in [3.8, 4) is 11.5 Å². The monoisotopic (exact) mass is 561 g/mol. The van der Waals surface area contributed by atoms with Crippen molar-refractivity contribution in [1.82, 2.24) is 0 Å². The molecule has 43 heavy (non-hydrogen) atoms. The molecular formula is C40H35NO2. The van der Waals surface area contributed by atoms with E-state index in [0.29, 0.717) is 0 Å². The van der Waals surface area contributed by atoms with E-state index in [0.717, 1.165) is 39.7 Å². The van der Waals surface area contributed by atoms with Crippen LogP contribution in [0.5, 0.6) is 11.5 Å². The average Bonchev–Trinajstić information content (AvgIpc) is 3.07. The summed E-state index contributed by atoms with van der Waals surface area (Å²) in [5.41, 5.74) is 7.56. The molecule has 0 aliphatic carbocycles. The van der Waals surface area contributed by atoms with E-state index in [1.54, 1.807) is 14.2 Å². The highest BCUT2D eigenvalue weighted by Crippen LogP contribution is 2.41. The number of anilines is 3. The zero-order valence-electron chi connectivity index (χ0n) is 24.5. The summed E-state index contributed by atoms with van der Waals surface area (Å²) in [6, 6.07) is 43.5.